The number of hydrogen-bond acceptors (Lipinski definition) is 3. The SMILES string of the molecule is NC(CCCO)c1ccsc1. The Hall–Kier alpha value is -0.380. The Bertz CT molecular complexity index is 186. The van der Waals surface area contributed by atoms with Gasteiger partial charge >= 0.3 is 0 Å². The summed E-state index contributed by atoms with van der Waals surface area (Å²) in [6, 6.07) is 2.14. The smallest absolute Gasteiger partial charge is 0.0431 e. The summed E-state index contributed by atoms with van der Waals surface area (Å²) in [4.78, 5) is 0. The Labute approximate surface area is 70.7 Å². The third-order valence-corrected chi connectivity index (χ3v) is 2.35. The van der Waals surface area contributed by atoms with Crippen LogP contribution < -0.4 is 5.73 Å². The van der Waals surface area contributed by atoms with Crippen LogP contribution in [0.15, 0.2) is 16.8 Å². The summed E-state index contributed by atoms with van der Waals surface area (Å²) in [6.45, 7) is 0.234. The zero-order chi connectivity index (χ0) is 8.10. The van der Waals surface area contributed by atoms with Gasteiger partial charge in [-0.3, -0.25) is 0 Å². The first-order valence-electron chi connectivity index (χ1n) is 3.73. The lowest BCUT2D eigenvalue weighted by atomic mass is 10.1. The highest BCUT2D eigenvalue weighted by atomic mass is 32.1. The van der Waals surface area contributed by atoms with Gasteiger partial charge in [-0.15, -0.1) is 0 Å². The van der Waals surface area contributed by atoms with Crippen molar-refractivity contribution in [3.05, 3.63) is 22.4 Å². The van der Waals surface area contributed by atoms with Crippen LogP contribution in [-0.2, 0) is 0 Å². The van der Waals surface area contributed by atoms with Crippen LogP contribution in [0, 0.1) is 0 Å². The Morgan fingerprint density at radius 2 is 2.45 bits per heavy atom. The molecule has 0 amide bonds. The topological polar surface area (TPSA) is 46.2 Å². The van der Waals surface area contributed by atoms with E-state index in [0.29, 0.717) is 0 Å². The van der Waals surface area contributed by atoms with E-state index in [4.69, 9.17) is 10.8 Å². The van der Waals surface area contributed by atoms with Crippen molar-refractivity contribution < 1.29 is 5.11 Å². The minimum Gasteiger partial charge on any atom is -0.396 e. The van der Waals surface area contributed by atoms with Gasteiger partial charge in [-0.1, -0.05) is 0 Å². The average Bonchev–Trinajstić information content (AvgIpc) is 2.52. The molecule has 1 rings (SSSR count). The van der Waals surface area contributed by atoms with Crippen molar-refractivity contribution in [2.75, 3.05) is 6.61 Å². The van der Waals surface area contributed by atoms with Gasteiger partial charge in [0.1, 0.15) is 0 Å². The Morgan fingerprint density at radius 1 is 1.64 bits per heavy atom. The molecule has 0 aromatic carbocycles. The van der Waals surface area contributed by atoms with Gasteiger partial charge in [0.2, 0.25) is 0 Å². The second-order valence-corrected chi connectivity index (χ2v) is 3.31. The lowest BCUT2D eigenvalue weighted by Gasteiger charge is -2.07. The molecule has 1 heterocycles. The molecule has 0 bridgehead atoms. The molecule has 0 saturated carbocycles. The molecular formula is C8H13NOS. The van der Waals surface area contributed by atoms with Crippen molar-refractivity contribution in [2.24, 2.45) is 5.73 Å². The molecule has 3 N–H and O–H groups in total. The van der Waals surface area contributed by atoms with E-state index in [9.17, 15) is 0 Å². The van der Waals surface area contributed by atoms with E-state index in [-0.39, 0.29) is 12.6 Å². The fourth-order valence-corrected chi connectivity index (χ4v) is 1.69. The number of nitrogens with two attached hydrogens (primary N) is 1. The van der Waals surface area contributed by atoms with Gasteiger partial charge in [-0.2, -0.15) is 11.3 Å². The largest absolute Gasteiger partial charge is 0.396 e. The van der Waals surface area contributed by atoms with E-state index in [2.05, 4.69) is 5.38 Å². The predicted molar refractivity (Wildman–Crippen MR) is 47.6 cm³/mol. The maximum Gasteiger partial charge on any atom is 0.0431 e. The fourth-order valence-electron chi connectivity index (χ4n) is 0.964. The summed E-state index contributed by atoms with van der Waals surface area (Å²) >= 11 is 1.66. The number of rotatable bonds is 4. The van der Waals surface area contributed by atoms with Crippen LogP contribution in [0.2, 0.25) is 0 Å². The molecular weight excluding hydrogens is 158 g/mol. The molecule has 1 atom stereocenters. The third kappa shape index (κ3) is 2.61. The van der Waals surface area contributed by atoms with Crippen molar-refractivity contribution in [2.45, 2.75) is 18.9 Å². The molecule has 0 aliphatic carbocycles. The van der Waals surface area contributed by atoms with Crippen molar-refractivity contribution in [3.63, 3.8) is 0 Å². The van der Waals surface area contributed by atoms with E-state index in [1.54, 1.807) is 11.3 Å². The number of hydrogen-bond donors (Lipinski definition) is 2. The summed E-state index contributed by atoms with van der Waals surface area (Å²) < 4.78 is 0. The molecule has 2 nitrogen and oxygen atoms in total. The minimum atomic E-state index is 0.105. The summed E-state index contributed by atoms with van der Waals surface area (Å²) in [6.07, 6.45) is 1.66. The van der Waals surface area contributed by atoms with Crippen LogP contribution >= 0.6 is 11.3 Å². The number of aliphatic hydroxyl groups is 1. The standard InChI is InChI=1S/C8H13NOS/c9-8(2-1-4-10)7-3-5-11-6-7/h3,5-6,8,10H,1-2,4,9H2. The Balaban J connectivity index is 2.36. The third-order valence-electron chi connectivity index (χ3n) is 1.64. The zero-order valence-corrected chi connectivity index (χ0v) is 7.18. The fraction of sp³-hybridized carbons (Fsp3) is 0.500. The normalized spacial score (nSPS) is 13.3. The van der Waals surface area contributed by atoms with E-state index in [1.165, 1.54) is 5.56 Å². The molecule has 62 valence electrons. The van der Waals surface area contributed by atoms with Crippen LogP contribution in [0.25, 0.3) is 0 Å². The van der Waals surface area contributed by atoms with Gasteiger partial charge in [0.25, 0.3) is 0 Å². The van der Waals surface area contributed by atoms with Gasteiger partial charge in [-0.25, -0.2) is 0 Å². The average molecular weight is 171 g/mol. The molecule has 0 spiro atoms. The van der Waals surface area contributed by atoms with Gasteiger partial charge in [0.15, 0.2) is 0 Å². The Morgan fingerprint density at radius 3 is 3.00 bits per heavy atom. The molecule has 0 fully saturated rings. The zero-order valence-electron chi connectivity index (χ0n) is 6.36. The first-order valence-corrected chi connectivity index (χ1v) is 4.67. The lowest BCUT2D eigenvalue weighted by Crippen LogP contribution is -2.09. The molecule has 0 saturated heterocycles. The van der Waals surface area contributed by atoms with Crippen LogP contribution in [0.5, 0.6) is 0 Å². The van der Waals surface area contributed by atoms with Crippen LogP contribution in [-0.4, -0.2) is 11.7 Å². The summed E-state index contributed by atoms with van der Waals surface area (Å²) in [5.74, 6) is 0. The first-order chi connectivity index (χ1) is 5.34. The lowest BCUT2D eigenvalue weighted by molar-refractivity contribution is 0.280. The molecule has 0 aliphatic rings. The molecule has 1 aromatic rings. The molecule has 0 aliphatic heterocycles. The van der Waals surface area contributed by atoms with E-state index in [1.807, 2.05) is 11.4 Å². The molecule has 11 heavy (non-hydrogen) atoms. The highest BCUT2D eigenvalue weighted by Crippen LogP contribution is 2.17. The summed E-state index contributed by atoms with van der Waals surface area (Å²) in [5, 5.41) is 12.6. The summed E-state index contributed by atoms with van der Waals surface area (Å²) in [5.41, 5.74) is 7.00. The van der Waals surface area contributed by atoms with Gasteiger partial charge in [0.05, 0.1) is 0 Å². The van der Waals surface area contributed by atoms with Crippen LogP contribution in [0.4, 0.5) is 0 Å². The minimum absolute atomic E-state index is 0.105. The van der Waals surface area contributed by atoms with Crippen molar-refractivity contribution in [1.82, 2.24) is 0 Å². The van der Waals surface area contributed by atoms with Crippen molar-refractivity contribution in [3.8, 4) is 0 Å². The first kappa shape index (κ1) is 8.71. The summed E-state index contributed by atoms with van der Waals surface area (Å²) in [7, 11) is 0. The van der Waals surface area contributed by atoms with E-state index < -0.39 is 0 Å². The van der Waals surface area contributed by atoms with Crippen molar-refractivity contribution in [1.29, 1.82) is 0 Å². The van der Waals surface area contributed by atoms with Crippen LogP contribution in [0.1, 0.15) is 24.4 Å². The molecule has 0 radical (unpaired) electrons. The highest BCUT2D eigenvalue weighted by molar-refractivity contribution is 7.07. The van der Waals surface area contributed by atoms with E-state index in [0.717, 1.165) is 12.8 Å². The second-order valence-electron chi connectivity index (χ2n) is 2.53. The Kier molecular flexibility index (Phi) is 3.56. The van der Waals surface area contributed by atoms with E-state index >= 15 is 0 Å². The maximum atomic E-state index is 8.56. The quantitative estimate of drug-likeness (QED) is 0.721. The van der Waals surface area contributed by atoms with Crippen molar-refractivity contribution >= 4 is 11.3 Å². The monoisotopic (exact) mass is 171 g/mol. The molecule has 3 heteroatoms. The second kappa shape index (κ2) is 4.49. The molecule has 1 unspecified atom stereocenters. The number of thiophene rings is 1. The van der Waals surface area contributed by atoms with Gasteiger partial charge in [0, 0.05) is 12.6 Å². The predicted octanol–water partition coefficient (Wildman–Crippen LogP) is 1.52. The highest BCUT2D eigenvalue weighted by Gasteiger charge is 2.04. The van der Waals surface area contributed by atoms with Gasteiger partial charge < -0.3 is 10.8 Å². The van der Waals surface area contributed by atoms with Gasteiger partial charge in [-0.05, 0) is 35.2 Å². The van der Waals surface area contributed by atoms with Crippen LogP contribution in [0.3, 0.4) is 0 Å². The molecule has 1 aromatic heterocycles. The number of aliphatic hydroxyl groups excluding tert-OH is 1. The maximum absolute atomic E-state index is 8.56.